The Morgan fingerprint density at radius 1 is 0.933 bits per heavy atom. The standard InChI is InChI=1S/C34H35N3O7S/c1-3-42-27-15-13-26(14-16-27)36-45(40,41)28-17-18-30(24(2)21-28)43-23-33(38)37-22-32(44-31-12-8-7-11-29(31)37)34(39)35-20-19-25-9-5-4-6-10-25/h4-18,21,32,36H,3,19-20,22-23H2,1-2H3,(H,35,39)/t32-/m0/s1. The molecular formula is C34H35N3O7S. The molecular weight excluding hydrogens is 594 g/mol. The molecule has 4 aromatic carbocycles. The number of benzene rings is 4. The number of ether oxygens (including phenoxy) is 3. The van der Waals surface area contributed by atoms with Gasteiger partial charge < -0.3 is 24.4 Å². The fourth-order valence-electron chi connectivity index (χ4n) is 4.86. The summed E-state index contributed by atoms with van der Waals surface area (Å²) in [5.41, 5.74) is 2.58. The molecule has 0 aromatic heterocycles. The number of hydrogen-bond donors (Lipinski definition) is 2. The van der Waals surface area contributed by atoms with Crippen LogP contribution in [0.3, 0.4) is 0 Å². The summed E-state index contributed by atoms with van der Waals surface area (Å²) in [5, 5.41) is 2.90. The van der Waals surface area contributed by atoms with Crippen LogP contribution in [0.1, 0.15) is 18.1 Å². The van der Waals surface area contributed by atoms with Crippen LogP contribution in [0.2, 0.25) is 0 Å². The van der Waals surface area contributed by atoms with Gasteiger partial charge in [-0.2, -0.15) is 0 Å². The zero-order valence-corrected chi connectivity index (χ0v) is 25.9. The van der Waals surface area contributed by atoms with Crippen molar-refractivity contribution in [2.75, 3.05) is 35.9 Å². The maximum Gasteiger partial charge on any atom is 0.265 e. The Morgan fingerprint density at radius 3 is 2.40 bits per heavy atom. The van der Waals surface area contributed by atoms with E-state index in [0.717, 1.165) is 5.56 Å². The van der Waals surface area contributed by atoms with Crippen molar-refractivity contribution in [1.29, 1.82) is 0 Å². The molecule has 0 saturated heterocycles. The van der Waals surface area contributed by atoms with Crippen LogP contribution in [0.5, 0.6) is 17.2 Å². The van der Waals surface area contributed by atoms with Gasteiger partial charge in [0.25, 0.3) is 21.8 Å². The van der Waals surface area contributed by atoms with Crippen LogP contribution in [0.4, 0.5) is 11.4 Å². The minimum absolute atomic E-state index is 0.0176. The van der Waals surface area contributed by atoms with Gasteiger partial charge in [0.2, 0.25) is 0 Å². The lowest BCUT2D eigenvalue weighted by Gasteiger charge is -2.34. The van der Waals surface area contributed by atoms with E-state index in [0.29, 0.717) is 53.8 Å². The first kappa shape index (κ1) is 31.4. The summed E-state index contributed by atoms with van der Waals surface area (Å²) in [6.45, 7) is 4.21. The quantitative estimate of drug-likeness (QED) is 0.232. The Kier molecular flexibility index (Phi) is 9.89. The van der Waals surface area contributed by atoms with E-state index in [-0.39, 0.29) is 29.9 Å². The van der Waals surface area contributed by atoms with Crippen molar-refractivity contribution in [3.63, 3.8) is 0 Å². The van der Waals surface area contributed by atoms with Crippen LogP contribution in [-0.4, -0.2) is 52.6 Å². The molecule has 4 aromatic rings. The van der Waals surface area contributed by atoms with Crippen LogP contribution in [0.15, 0.2) is 102 Å². The average Bonchev–Trinajstić information content (AvgIpc) is 3.05. The molecule has 0 aliphatic carbocycles. The third kappa shape index (κ3) is 7.93. The highest BCUT2D eigenvalue weighted by molar-refractivity contribution is 7.92. The molecule has 5 rings (SSSR count). The smallest absolute Gasteiger partial charge is 0.265 e. The second-order valence-electron chi connectivity index (χ2n) is 10.4. The number of hydrogen-bond acceptors (Lipinski definition) is 7. The van der Waals surface area contributed by atoms with Crippen LogP contribution in [0, 0.1) is 6.92 Å². The zero-order valence-electron chi connectivity index (χ0n) is 25.1. The minimum Gasteiger partial charge on any atom is -0.494 e. The van der Waals surface area contributed by atoms with Crippen molar-refractivity contribution < 1.29 is 32.2 Å². The summed E-state index contributed by atoms with van der Waals surface area (Å²) in [6, 6.07) is 27.9. The second kappa shape index (κ2) is 14.2. The molecule has 234 valence electrons. The first-order valence-electron chi connectivity index (χ1n) is 14.6. The van der Waals surface area contributed by atoms with Gasteiger partial charge in [-0.1, -0.05) is 42.5 Å². The first-order valence-corrected chi connectivity index (χ1v) is 16.1. The molecule has 1 aliphatic heterocycles. The average molecular weight is 630 g/mol. The van der Waals surface area contributed by atoms with Crippen LogP contribution >= 0.6 is 0 Å². The molecule has 2 amide bonds. The Morgan fingerprint density at radius 2 is 1.67 bits per heavy atom. The minimum atomic E-state index is -3.87. The zero-order chi connectivity index (χ0) is 31.8. The molecule has 2 N–H and O–H groups in total. The molecule has 1 atom stereocenters. The number of nitrogens with one attached hydrogen (secondary N) is 2. The summed E-state index contributed by atoms with van der Waals surface area (Å²) in [5.74, 6) is 0.739. The van der Waals surface area contributed by atoms with Crippen molar-refractivity contribution in [2.45, 2.75) is 31.3 Å². The molecule has 45 heavy (non-hydrogen) atoms. The fourth-order valence-corrected chi connectivity index (χ4v) is 6.01. The third-order valence-electron chi connectivity index (χ3n) is 7.15. The van der Waals surface area contributed by atoms with Gasteiger partial charge in [-0.15, -0.1) is 0 Å². The summed E-state index contributed by atoms with van der Waals surface area (Å²) >= 11 is 0. The topological polar surface area (TPSA) is 123 Å². The van der Waals surface area contributed by atoms with Crippen molar-refractivity contribution in [3.8, 4) is 17.2 Å². The highest BCUT2D eigenvalue weighted by Crippen LogP contribution is 2.33. The second-order valence-corrected chi connectivity index (χ2v) is 12.1. The molecule has 1 aliphatic rings. The molecule has 0 unspecified atom stereocenters. The molecule has 0 bridgehead atoms. The lowest BCUT2D eigenvalue weighted by molar-refractivity contribution is -0.128. The number of carbonyl (C=O) groups is 2. The highest BCUT2D eigenvalue weighted by Gasteiger charge is 2.34. The largest absolute Gasteiger partial charge is 0.494 e. The molecule has 0 fully saturated rings. The number of rotatable bonds is 12. The van der Waals surface area contributed by atoms with Gasteiger partial charge in [0.05, 0.1) is 23.7 Å². The van der Waals surface area contributed by atoms with E-state index in [1.54, 1.807) is 55.5 Å². The van der Waals surface area contributed by atoms with Gasteiger partial charge in [-0.25, -0.2) is 8.42 Å². The summed E-state index contributed by atoms with van der Waals surface area (Å²) < 4.78 is 45.7. The third-order valence-corrected chi connectivity index (χ3v) is 8.53. The number of aryl methyl sites for hydroxylation is 1. The predicted molar refractivity (Wildman–Crippen MR) is 171 cm³/mol. The molecule has 0 spiro atoms. The van der Waals surface area contributed by atoms with E-state index in [2.05, 4.69) is 10.0 Å². The number of nitrogens with zero attached hydrogens (tertiary/aromatic N) is 1. The Hall–Kier alpha value is -5.03. The Bertz CT molecular complexity index is 1750. The van der Waals surface area contributed by atoms with E-state index in [1.807, 2.05) is 37.3 Å². The number of para-hydroxylation sites is 2. The normalized spacial score (nSPS) is 14.1. The molecule has 0 radical (unpaired) electrons. The van der Waals surface area contributed by atoms with E-state index in [9.17, 15) is 18.0 Å². The predicted octanol–water partition coefficient (Wildman–Crippen LogP) is 4.73. The molecule has 1 heterocycles. The van der Waals surface area contributed by atoms with Crippen molar-refractivity contribution in [2.24, 2.45) is 0 Å². The van der Waals surface area contributed by atoms with Gasteiger partial charge in [-0.05, 0) is 86.0 Å². The SMILES string of the molecule is CCOc1ccc(NS(=O)(=O)c2ccc(OCC(=O)N3C[C@@H](C(=O)NCCc4ccccc4)Oc4ccccc43)c(C)c2)cc1. The monoisotopic (exact) mass is 629 g/mol. The van der Waals surface area contributed by atoms with E-state index >= 15 is 0 Å². The van der Waals surface area contributed by atoms with Crippen LogP contribution < -0.4 is 29.1 Å². The maximum atomic E-state index is 13.4. The molecule has 11 heteroatoms. The summed E-state index contributed by atoms with van der Waals surface area (Å²) in [4.78, 5) is 27.9. The van der Waals surface area contributed by atoms with Gasteiger partial charge in [0.15, 0.2) is 12.7 Å². The Balaban J connectivity index is 1.21. The van der Waals surface area contributed by atoms with E-state index in [4.69, 9.17) is 14.2 Å². The van der Waals surface area contributed by atoms with Crippen molar-refractivity contribution in [3.05, 3.63) is 108 Å². The van der Waals surface area contributed by atoms with Gasteiger partial charge in [0, 0.05) is 12.2 Å². The van der Waals surface area contributed by atoms with Gasteiger partial charge >= 0.3 is 0 Å². The first-order chi connectivity index (χ1) is 21.7. The number of sulfonamides is 1. The number of anilines is 2. The van der Waals surface area contributed by atoms with Gasteiger partial charge in [-0.3, -0.25) is 14.3 Å². The number of amides is 2. The van der Waals surface area contributed by atoms with Gasteiger partial charge in [0.1, 0.15) is 17.2 Å². The van der Waals surface area contributed by atoms with Crippen LogP contribution in [0.25, 0.3) is 0 Å². The highest BCUT2D eigenvalue weighted by atomic mass is 32.2. The Labute approximate surface area is 263 Å². The fraction of sp³-hybridized carbons (Fsp3) is 0.235. The lowest BCUT2D eigenvalue weighted by Crippen LogP contribution is -2.52. The van der Waals surface area contributed by atoms with Crippen LogP contribution in [-0.2, 0) is 26.0 Å². The lowest BCUT2D eigenvalue weighted by atomic mass is 10.1. The van der Waals surface area contributed by atoms with E-state index < -0.39 is 16.1 Å². The van der Waals surface area contributed by atoms with Crippen molar-refractivity contribution >= 4 is 33.2 Å². The number of fused-ring (bicyclic) bond motifs is 1. The summed E-state index contributed by atoms with van der Waals surface area (Å²) in [6.07, 6.45) is -0.225. The summed E-state index contributed by atoms with van der Waals surface area (Å²) in [7, 11) is -3.87. The number of carbonyl (C=O) groups excluding carboxylic acids is 2. The molecule has 0 saturated carbocycles. The molecule has 10 nitrogen and oxygen atoms in total. The maximum absolute atomic E-state index is 13.4. The van der Waals surface area contributed by atoms with Crippen molar-refractivity contribution in [1.82, 2.24) is 5.32 Å². The van der Waals surface area contributed by atoms with E-state index in [1.165, 1.54) is 23.1 Å².